The summed E-state index contributed by atoms with van der Waals surface area (Å²) in [7, 11) is 2.79. The van der Waals surface area contributed by atoms with E-state index in [0.717, 1.165) is 11.1 Å². The van der Waals surface area contributed by atoms with Crippen LogP contribution in [-0.4, -0.2) is 55.0 Å². The summed E-state index contributed by atoms with van der Waals surface area (Å²) in [5, 5.41) is 11.2. The minimum atomic E-state index is -0.853. The molecule has 1 saturated heterocycles. The number of carbonyl (C=O) groups is 3. The summed E-state index contributed by atoms with van der Waals surface area (Å²) in [6.45, 7) is 2.75. The maximum absolute atomic E-state index is 13.1. The van der Waals surface area contributed by atoms with E-state index >= 15 is 0 Å². The fourth-order valence-corrected chi connectivity index (χ4v) is 4.40. The van der Waals surface area contributed by atoms with Crippen molar-refractivity contribution in [2.24, 2.45) is 0 Å². The third-order valence-electron chi connectivity index (χ3n) is 6.34. The van der Waals surface area contributed by atoms with Crippen molar-refractivity contribution in [3.63, 3.8) is 0 Å². The summed E-state index contributed by atoms with van der Waals surface area (Å²) >= 11 is 0. The van der Waals surface area contributed by atoms with Crippen LogP contribution in [0.4, 0.5) is 0 Å². The van der Waals surface area contributed by atoms with Crippen LogP contribution in [0.15, 0.2) is 78.4 Å². The van der Waals surface area contributed by atoms with Crippen LogP contribution >= 0.6 is 0 Å². The van der Waals surface area contributed by atoms with Crippen LogP contribution in [0.2, 0.25) is 0 Å². The maximum atomic E-state index is 13.1. The van der Waals surface area contributed by atoms with Gasteiger partial charge in [-0.3, -0.25) is 9.59 Å². The van der Waals surface area contributed by atoms with Gasteiger partial charge in [0.15, 0.2) is 0 Å². The lowest BCUT2D eigenvalue weighted by atomic mass is 9.94. The number of hydrogen-bond donors (Lipinski definition) is 1. The number of hydrogen-bond acceptors (Lipinski definition) is 7. The number of rotatable bonds is 9. The standard InChI is InChI=1S/C30H29NO7/c1-19-5-4-6-20(17-19)18-38-24-13-11-22(12-14-24)27(32)25-26(31(15-16-36-2)29(34)28(25)33)21-7-9-23(10-8-21)30(35)37-3/h4-14,17,26,32H,15-16,18H2,1-3H3. The lowest BCUT2D eigenvalue weighted by molar-refractivity contribution is -0.140. The fourth-order valence-electron chi connectivity index (χ4n) is 4.40. The molecule has 0 aromatic heterocycles. The molecule has 3 aromatic rings. The molecule has 196 valence electrons. The Morgan fingerprint density at radius 1 is 0.947 bits per heavy atom. The van der Waals surface area contributed by atoms with E-state index in [-0.39, 0.29) is 24.5 Å². The van der Waals surface area contributed by atoms with Crippen molar-refractivity contribution in [1.29, 1.82) is 0 Å². The molecule has 0 aliphatic carbocycles. The molecule has 3 aromatic carbocycles. The van der Waals surface area contributed by atoms with Gasteiger partial charge in [0.05, 0.1) is 30.9 Å². The van der Waals surface area contributed by atoms with Gasteiger partial charge in [-0.25, -0.2) is 4.79 Å². The summed E-state index contributed by atoms with van der Waals surface area (Å²) in [5.74, 6) is -1.73. The van der Waals surface area contributed by atoms with Crippen LogP contribution in [-0.2, 0) is 25.7 Å². The number of likely N-dealkylation sites (tertiary alicyclic amines) is 1. The van der Waals surface area contributed by atoms with Gasteiger partial charge in [0, 0.05) is 19.2 Å². The molecule has 8 heteroatoms. The van der Waals surface area contributed by atoms with Crippen LogP contribution in [0, 0.1) is 6.92 Å². The van der Waals surface area contributed by atoms with Gasteiger partial charge in [-0.05, 0) is 54.4 Å². The first-order valence-electron chi connectivity index (χ1n) is 12.1. The van der Waals surface area contributed by atoms with E-state index in [2.05, 4.69) is 0 Å². The highest BCUT2D eigenvalue weighted by Gasteiger charge is 2.45. The molecule has 0 radical (unpaired) electrons. The quantitative estimate of drug-likeness (QED) is 0.195. The zero-order valence-corrected chi connectivity index (χ0v) is 21.5. The van der Waals surface area contributed by atoms with Crippen LogP contribution in [0.3, 0.4) is 0 Å². The van der Waals surface area contributed by atoms with E-state index < -0.39 is 23.7 Å². The van der Waals surface area contributed by atoms with Crippen LogP contribution in [0.25, 0.3) is 5.76 Å². The second kappa shape index (κ2) is 11.7. The lowest BCUT2D eigenvalue weighted by Crippen LogP contribution is -2.32. The van der Waals surface area contributed by atoms with Crippen molar-refractivity contribution in [3.8, 4) is 5.75 Å². The number of Topliss-reactive ketones (excluding diaryl/α,β-unsaturated/α-hetero) is 1. The third kappa shape index (κ3) is 5.60. The van der Waals surface area contributed by atoms with E-state index in [4.69, 9.17) is 14.2 Å². The highest BCUT2D eigenvalue weighted by molar-refractivity contribution is 6.46. The van der Waals surface area contributed by atoms with Gasteiger partial charge in [-0.1, -0.05) is 42.0 Å². The number of ketones is 1. The Kier molecular flexibility index (Phi) is 8.23. The molecule has 4 rings (SSSR count). The van der Waals surface area contributed by atoms with Gasteiger partial charge in [-0.2, -0.15) is 0 Å². The number of ether oxygens (including phenoxy) is 3. The van der Waals surface area contributed by atoms with Gasteiger partial charge in [-0.15, -0.1) is 0 Å². The average Bonchev–Trinajstić information content (AvgIpc) is 3.19. The van der Waals surface area contributed by atoms with Gasteiger partial charge in [0.2, 0.25) is 0 Å². The topological polar surface area (TPSA) is 102 Å². The molecular formula is C30H29NO7. The number of esters is 1. The number of methoxy groups -OCH3 is 2. The molecule has 0 saturated carbocycles. The molecule has 8 nitrogen and oxygen atoms in total. The second-order valence-electron chi connectivity index (χ2n) is 8.90. The van der Waals surface area contributed by atoms with Gasteiger partial charge in [0.1, 0.15) is 18.1 Å². The number of benzene rings is 3. The molecule has 1 N–H and O–H groups in total. The summed E-state index contributed by atoms with van der Waals surface area (Å²) in [4.78, 5) is 39.3. The Labute approximate surface area is 221 Å². The van der Waals surface area contributed by atoms with Crippen molar-refractivity contribution in [2.45, 2.75) is 19.6 Å². The predicted molar refractivity (Wildman–Crippen MR) is 141 cm³/mol. The maximum Gasteiger partial charge on any atom is 0.337 e. The normalized spacial score (nSPS) is 16.5. The van der Waals surface area contributed by atoms with Gasteiger partial charge >= 0.3 is 5.97 Å². The van der Waals surface area contributed by atoms with E-state index in [9.17, 15) is 19.5 Å². The van der Waals surface area contributed by atoms with Crippen molar-refractivity contribution in [1.82, 2.24) is 4.90 Å². The minimum Gasteiger partial charge on any atom is -0.507 e. The van der Waals surface area contributed by atoms with Gasteiger partial charge in [0.25, 0.3) is 11.7 Å². The molecule has 1 aliphatic heterocycles. The van der Waals surface area contributed by atoms with E-state index in [0.29, 0.717) is 29.0 Å². The van der Waals surface area contributed by atoms with Crippen molar-refractivity contribution < 1.29 is 33.7 Å². The van der Waals surface area contributed by atoms with Crippen molar-refractivity contribution in [2.75, 3.05) is 27.4 Å². The molecule has 0 bridgehead atoms. The molecule has 1 aliphatic rings. The Morgan fingerprint density at radius 3 is 2.26 bits per heavy atom. The van der Waals surface area contributed by atoms with E-state index in [1.54, 1.807) is 48.5 Å². The smallest absolute Gasteiger partial charge is 0.337 e. The summed E-state index contributed by atoms with van der Waals surface area (Å²) < 4.78 is 15.7. The first-order chi connectivity index (χ1) is 18.3. The molecule has 1 atom stereocenters. The summed E-state index contributed by atoms with van der Waals surface area (Å²) in [6.07, 6.45) is 0. The largest absolute Gasteiger partial charge is 0.507 e. The van der Waals surface area contributed by atoms with E-state index in [1.807, 2.05) is 31.2 Å². The number of aliphatic hydroxyl groups is 1. The molecule has 0 spiro atoms. The van der Waals surface area contributed by atoms with Crippen LogP contribution < -0.4 is 4.74 Å². The Hall–Kier alpha value is -4.43. The average molecular weight is 516 g/mol. The number of aliphatic hydroxyl groups excluding tert-OH is 1. The fraction of sp³-hybridized carbons (Fsp3) is 0.233. The lowest BCUT2D eigenvalue weighted by Gasteiger charge is -2.25. The minimum absolute atomic E-state index is 0.0367. The zero-order chi connectivity index (χ0) is 27.2. The number of aryl methyl sites for hydroxylation is 1. The van der Waals surface area contributed by atoms with E-state index in [1.165, 1.54) is 19.1 Å². The SMILES string of the molecule is COCCN1C(=O)C(=O)C(=C(O)c2ccc(OCc3cccc(C)c3)cc2)C1c1ccc(C(=O)OC)cc1. The first-order valence-corrected chi connectivity index (χ1v) is 12.1. The second-order valence-corrected chi connectivity index (χ2v) is 8.90. The van der Waals surface area contributed by atoms with Crippen LogP contribution in [0.5, 0.6) is 5.75 Å². The highest BCUT2D eigenvalue weighted by Crippen LogP contribution is 2.39. The molecule has 1 amide bonds. The number of carbonyl (C=O) groups excluding carboxylic acids is 3. The molecule has 1 unspecified atom stereocenters. The Morgan fingerprint density at radius 2 is 1.63 bits per heavy atom. The molecule has 1 fully saturated rings. The Balaban J connectivity index is 1.65. The van der Waals surface area contributed by atoms with Crippen molar-refractivity contribution in [3.05, 3.63) is 106 Å². The van der Waals surface area contributed by atoms with Crippen LogP contribution in [0.1, 0.15) is 38.7 Å². The predicted octanol–water partition coefficient (Wildman–Crippen LogP) is 4.43. The summed E-state index contributed by atoms with van der Waals surface area (Å²) in [5.41, 5.74) is 3.40. The molecular weight excluding hydrogens is 486 g/mol. The molecule has 38 heavy (non-hydrogen) atoms. The van der Waals surface area contributed by atoms with Crippen molar-refractivity contribution >= 4 is 23.4 Å². The Bertz CT molecular complexity index is 1360. The first kappa shape index (κ1) is 26.6. The monoisotopic (exact) mass is 515 g/mol. The number of amides is 1. The highest BCUT2D eigenvalue weighted by atomic mass is 16.5. The molecule has 1 heterocycles. The third-order valence-corrected chi connectivity index (χ3v) is 6.34. The number of nitrogens with zero attached hydrogens (tertiary/aromatic N) is 1. The zero-order valence-electron chi connectivity index (χ0n) is 21.5. The summed E-state index contributed by atoms with van der Waals surface area (Å²) in [6, 6.07) is 20.2. The van der Waals surface area contributed by atoms with Gasteiger partial charge < -0.3 is 24.2 Å².